The lowest BCUT2D eigenvalue weighted by molar-refractivity contribution is -0.131. The average molecular weight is 256 g/mol. The Kier molecular flexibility index (Phi) is 3.87. The molecule has 0 fully saturated rings. The van der Waals surface area contributed by atoms with E-state index in [0.29, 0.717) is 6.54 Å². The summed E-state index contributed by atoms with van der Waals surface area (Å²) >= 11 is 0. The predicted octanol–water partition coefficient (Wildman–Crippen LogP) is 1.49. The fourth-order valence-corrected chi connectivity index (χ4v) is 1.70. The van der Waals surface area contributed by atoms with Crippen LogP contribution in [-0.2, 0) is 16.1 Å². The Labute approximate surface area is 109 Å². The number of carbonyl (C=O) groups is 2. The zero-order valence-electron chi connectivity index (χ0n) is 10.0. The number of fused-ring (bicyclic) bond motifs is 1. The van der Waals surface area contributed by atoms with Gasteiger partial charge in [-0.25, -0.2) is 4.79 Å². The third kappa shape index (κ3) is 3.38. The molecule has 0 unspecified atom stereocenters. The number of hydrogen-bond acceptors (Lipinski definition) is 3. The molecule has 1 aromatic carbocycles. The van der Waals surface area contributed by atoms with Gasteiger partial charge in [0.25, 0.3) is 0 Å². The molecule has 5 nitrogen and oxygen atoms in total. The van der Waals surface area contributed by atoms with E-state index in [1.54, 1.807) is 6.20 Å². The Bertz CT molecular complexity index is 645. The van der Waals surface area contributed by atoms with E-state index in [-0.39, 0.29) is 0 Å². The number of carboxylic acids is 1. The SMILES string of the molecule is O=C(O)/C=C/C(=O)NCc1cccc2cccnc12. The molecule has 1 aromatic heterocycles. The molecule has 0 saturated carbocycles. The number of para-hydroxylation sites is 1. The minimum Gasteiger partial charge on any atom is -0.478 e. The fraction of sp³-hybridized carbons (Fsp3) is 0.0714. The number of carboxylic acid groups (broad SMARTS) is 1. The molecular formula is C14H12N2O3. The second-order valence-electron chi connectivity index (χ2n) is 3.88. The van der Waals surface area contributed by atoms with Crippen LogP contribution in [0.3, 0.4) is 0 Å². The van der Waals surface area contributed by atoms with Gasteiger partial charge in [0.05, 0.1) is 5.52 Å². The van der Waals surface area contributed by atoms with Gasteiger partial charge in [-0.3, -0.25) is 9.78 Å². The molecule has 2 rings (SSSR count). The molecule has 0 spiro atoms. The molecule has 1 heterocycles. The first-order chi connectivity index (χ1) is 9.16. The van der Waals surface area contributed by atoms with Crippen LogP contribution in [0.1, 0.15) is 5.56 Å². The van der Waals surface area contributed by atoms with Gasteiger partial charge >= 0.3 is 5.97 Å². The summed E-state index contributed by atoms with van der Waals surface area (Å²) in [4.78, 5) is 25.9. The number of nitrogens with zero attached hydrogens (tertiary/aromatic N) is 1. The van der Waals surface area contributed by atoms with Crippen LogP contribution in [0.2, 0.25) is 0 Å². The highest BCUT2D eigenvalue weighted by Gasteiger charge is 2.03. The lowest BCUT2D eigenvalue weighted by Gasteiger charge is -2.05. The number of aromatic nitrogens is 1. The number of rotatable bonds is 4. The number of nitrogens with one attached hydrogen (secondary N) is 1. The Balaban J connectivity index is 2.10. The number of pyridine rings is 1. The van der Waals surface area contributed by atoms with Crippen molar-refractivity contribution in [3.63, 3.8) is 0 Å². The highest BCUT2D eigenvalue weighted by atomic mass is 16.4. The van der Waals surface area contributed by atoms with E-state index in [2.05, 4.69) is 10.3 Å². The Morgan fingerprint density at radius 1 is 1.21 bits per heavy atom. The third-order valence-electron chi connectivity index (χ3n) is 2.55. The van der Waals surface area contributed by atoms with Crippen LogP contribution >= 0.6 is 0 Å². The van der Waals surface area contributed by atoms with Gasteiger partial charge in [-0.05, 0) is 11.6 Å². The Morgan fingerprint density at radius 3 is 2.79 bits per heavy atom. The second kappa shape index (κ2) is 5.77. The van der Waals surface area contributed by atoms with Crippen molar-refractivity contribution in [1.29, 1.82) is 0 Å². The first-order valence-electron chi connectivity index (χ1n) is 5.68. The quantitative estimate of drug-likeness (QED) is 0.812. The number of benzene rings is 1. The summed E-state index contributed by atoms with van der Waals surface area (Å²) in [6.07, 6.45) is 3.48. The lowest BCUT2D eigenvalue weighted by Crippen LogP contribution is -2.20. The molecule has 19 heavy (non-hydrogen) atoms. The van der Waals surface area contributed by atoms with Crippen LogP contribution in [0.25, 0.3) is 10.9 Å². The highest BCUT2D eigenvalue weighted by molar-refractivity contribution is 5.94. The van der Waals surface area contributed by atoms with Crippen molar-refractivity contribution in [1.82, 2.24) is 10.3 Å². The Hall–Kier alpha value is -2.69. The fourth-order valence-electron chi connectivity index (χ4n) is 1.70. The minimum atomic E-state index is -1.15. The molecule has 1 amide bonds. The number of aliphatic carboxylic acids is 1. The van der Waals surface area contributed by atoms with Crippen molar-refractivity contribution in [2.75, 3.05) is 0 Å². The molecule has 96 valence electrons. The predicted molar refractivity (Wildman–Crippen MR) is 70.4 cm³/mol. The van der Waals surface area contributed by atoms with Gasteiger partial charge < -0.3 is 10.4 Å². The molecule has 0 bridgehead atoms. The van der Waals surface area contributed by atoms with Gasteiger partial charge in [-0.15, -0.1) is 0 Å². The maximum absolute atomic E-state index is 11.4. The molecule has 0 radical (unpaired) electrons. The van der Waals surface area contributed by atoms with E-state index in [9.17, 15) is 9.59 Å². The Morgan fingerprint density at radius 2 is 2.00 bits per heavy atom. The smallest absolute Gasteiger partial charge is 0.328 e. The first-order valence-corrected chi connectivity index (χ1v) is 5.68. The minimum absolute atomic E-state index is 0.303. The first kappa shape index (κ1) is 12.8. The van der Waals surface area contributed by atoms with Gasteiger partial charge in [0, 0.05) is 30.3 Å². The van der Waals surface area contributed by atoms with Gasteiger partial charge in [0.2, 0.25) is 5.91 Å². The van der Waals surface area contributed by atoms with E-state index in [1.807, 2.05) is 30.3 Å². The molecule has 0 saturated heterocycles. The number of carbonyl (C=O) groups excluding carboxylic acids is 1. The van der Waals surface area contributed by atoms with Crippen LogP contribution in [0, 0.1) is 0 Å². The summed E-state index contributed by atoms with van der Waals surface area (Å²) in [5, 5.41) is 12.0. The number of hydrogen-bond donors (Lipinski definition) is 2. The van der Waals surface area contributed by atoms with E-state index in [0.717, 1.165) is 28.6 Å². The summed E-state index contributed by atoms with van der Waals surface area (Å²) < 4.78 is 0. The van der Waals surface area contributed by atoms with Crippen molar-refractivity contribution in [3.05, 3.63) is 54.2 Å². The molecule has 5 heteroatoms. The van der Waals surface area contributed by atoms with Crippen LogP contribution < -0.4 is 5.32 Å². The van der Waals surface area contributed by atoms with Crippen molar-refractivity contribution in [3.8, 4) is 0 Å². The van der Waals surface area contributed by atoms with Gasteiger partial charge in [-0.2, -0.15) is 0 Å². The van der Waals surface area contributed by atoms with Gasteiger partial charge in [0.15, 0.2) is 0 Å². The van der Waals surface area contributed by atoms with Crippen molar-refractivity contribution in [2.45, 2.75) is 6.54 Å². The van der Waals surface area contributed by atoms with Crippen LogP contribution in [0.4, 0.5) is 0 Å². The third-order valence-corrected chi connectivity index (χ3v) is 2.55. The summed E-state index contributed by atoms with van der Waals surface area (Å²) in [5.74, 6) is -1.60. The highest BCUT2D eigenvalue weighted by Crippen LogP contribution is 2.15. The van der Waals surface area contributed by atoms with E-state index >= 15 is 0 Å². The lowest BCUT2D eigenvalue weighted by atomic mass is 10.1. The monoisotopic (exact) mass is 256 g/mol. The number of amides is 1. The summed E-state index contributed by atoms with van der Waals surface area (Å²) in [7, 11) is 0. The van der Waals surface area contributed by atoms with Crippen molar-refractivity contribution >= 4 is 22.8 Å². The molecule has 2 aromatic rings. The van der Waals surface area contributed by atoms with Gasteiger partial charge in [-0.1, -0.05) is 24.3 Å². The topological polar surface area (TPSA) is 79.3 Å². The van der Waals surface area contributed by atoms with Crippen LogP contribution in [-0.4, -0.2) is 22.0 Å². The van der Waals surface area contributed by atoms with Crippen molar-refractivity contribution < 1.29 is 14.7 Å². The second-order valence-corrected chi connectivity index (χ2v) is 3.88. The standard InChI is InChI=1S/C14H12N2O3/c17-12(6-7-13(18)19)16-9-11-4-1-3-10-5-2-8-15-14(10)11/h1-8H,9H2,(H,16,17)(H,18,19)/b7-6+. The molecule has 2 N–H and O–H groups in total. The maximum atomic E-state index is 11.4. The molecule has 0 atom stereocenters. The normalized spacial score (nSPS) is 10.7. The summed E-state index contributed by atoms with van der Waals surface area (Å²) in [6.45, 7) is 0.303. The molecule has 0 aliphatic carbocycles. The van der Waals surface area contributed by atoms with Gasteiger partial charge in [0.1, 0.15) is 0 Å². The summed E-state index contributed by atoms with van der Waals surface area (Å²) in [6, 6.07) is 9.49. The zero-order chi connectivity index (χ0) is 13.7. The molecule has 0 aliphatic rings. The average Bonchev–Trinajstić information content (AvgIpc) is 2.42. The van der Waals surface area contributed by atoms with E-state index in [4.69, 9.17) is 5.11 Å². The van der Waals surface area contributed by atoms with Crippen molar-refractivity contribution in [2.24, 2.45) is 0 Å². The van der Waals surface area contributed by atoms with Crippen LogP contribution in [0.5, 0.6) is 0 Å². The summed E-state index contributed by atoms with van der Waals surface area (Å²) in [5.41, 5.74) is 1.71. The van der Waals surface area contributed by atoms with E-state index < -0.39 is 11.9 Å². The zero-order valence-corrected chi connectivity index (χ0v) is 10.0. The maximum Gasteiger partial charge on any atom is 0.328 e. The van der Waals surface area contributed by atoms with E-state index in [1.165, 1.54) is 0 Å². The molecule has 0 aliphatic heterocycles. The molecular weight excluding hydrogens is 244 g/mol. The van der Waals surface area contributed by atoms with Crippen LogP contribution in [0.15, 0.2) is 48.7 Å². The largest absolute Gasteiger partial charge is 0.478 e.